The smallest absolute Gasteiger partial charge is 0.133 e. The predicted octanol–water partition coefficient (Wildman–Crippen LogP) is 4.36. The van der Waals surface area contributed by atoms with Crippen LogP contribution in [-0.2, 0) is 12.0 Å². The molecule has 3 N–H and O–H groups in total. The Morgan fingerprint density at radius 1 is 1.08 bits per heavy atom. The number of aliphatic hydroxyl groups is 2. The van der Waals surface area contributed by atoms with E-state index in [4.69, 9.17) is 0 Å². The third-order valence-corrected chi connectivity index (χ3v) is 6.79. The van der Waals surface area contributed by atoms with Crippen molar-refractivity contribution in [1.29, 1.82) is 0 Å². The van der Waals surface area contributed by atoms with Crippen LogP contribution in [0.25, 0.3) is 11.1 Å². The summed E-state index contributed by atoms with van der Waals surface area (Å²) in [7, 11) is 0. The number of halogens is 1. The van der Waals surface area contributed by atoms with Gasteiger partial charge in [0.2, 0.25) is 0 Å². The molecule has 0 bridgehead atoms. The van der Waals surface area contributed by atoms with E-state index in [1.165, 1.54) is 0 Å². The lowest BCUT2D eigenvalue weighted by molar-refractivity contribution is -0.0628. The number of hydrogen-bond acceptors (Lipinski definition) is 3. The zero-order chi connectivity index (χ0) is 18.7. The first-order valence-electron chi connectivity index (χ1n) is 9.27. The number of rotatable bonds is 2. The van der Waals surface area contributed by atoms with Crippen molar-refractivity contribution in [2.24, 2.45) is 0 Å². The van der Waals surface area contributed by atoms with E-state index in [9.17, 15) is 10.2 Å². The summed E-state index contributed by atoms with van der Waals surface area (Å²) in [5.41, 5.74) is 1.72. The van der Waals surface area contributed by atoms with Gasteiger partial charge in [-0.25, -0.2) is 4.39 Å². The van der Waals surface area contributed by atoms with E-state index in [0.717, 1.165) is 30.5 Å². The lowest BCUT2D eigenvalue weighted by Crippen LogP contribution is -2.65. The molecular weight excluding hydrogens is 329 g/mol. The maximum Gasteiger partial charge on any atom is 0.133 e. The minimum Gasteiger partial charge on any atom is -0.392 e. The van der Waals surface area contributed by atoms with Crippen LogP contribution in [0.15, 0.2) is 36.4 Å². The molecule has 1 aliphatic heterocycles. The van der Waals surface area contributed by atoms with Crippen LogP contribution in [0.2, 0.25) is 0 Å². The Hall–Kier alpha value is -1.91. The predicted molar refractivity (Wildman–Crippen MR) is 102 cm³/mol. The van der Waals surface area contributed by atoms with Gasteiger partial charge < -0.3 is 15.5 Å². The fourth-order valence-corrected chi connectivity index (χ4v) is 5.24. The Labute approximate surface area is 153 Å². The van der Waals surface area contributed by atoms with Crippen molar-refractivity contribution in [3.63, 3.8) is 0 Å². The molecule has 2 aliphatic rings. The highest BCUT2D eigenvalue weighted by Gasteiger charge is 2.62. The fraction of sp³-hybridized carbons (Fsp3) is 0.455. The molecule has 138 valence electrons. The van der Waals surface area contributed by atoms with Crippen molar-refractivity contribution in [3.8, 4) is 11.1 Å². The topological polar surface area (TPSA) is 52.5 Å². The fourth-order valence-electron chi connectivity index (χ4n) is 5.24. The first-order chi connectivity index (χ1) is 12.2. The van der Waals surface area contributed by atoms with Gasteiger partial charge in [-0.15, -0.1) is 0 Å². The molecule has 0 saturated heterocycles. The summed E-state index contributed by atoms with van der Waals surface area (Å²) in [6.07, 6.45) is 2.54. The van der Waals surface area contributed by atoms with Gasteiger partial charge in [0.25, 0.3) is 0 Å². The van der Waals surface area contributed by atoms with Crippen molar-refractivity contribution in [2.45, 2.75) is 63.2 Å². The zero-order valence-electron chi connectivity index (χ0n) is 15.6. The summed E-state index contributed by atoms with van der Waals surface area (Å²) in [4.78, 5) is 0. The van der Waals surface area contributed by atoms with E-state index in [0.29, 0.717) is 16.7 Å². The highest BCUT2D eigenvalue weighted by Crippen LogP contribution is 2.59. The molecule has 0 radical (unpaired) electrons. The molecule has 3 nitrogen and oxygen atoms in total. The van der Waals surface area contributed by atoms with E-state index < -0.39 is 16.6 Å². The summed E-state index contributed by atoms with van der Waals surface area (Å²) < 4.78 is 15.0. The van der Waals surface area contributed by atoms with Gasteiger partial charge in [0.05, 0.1) is 17.7 Å². The number of aliphatic hydroxyl groups excluding tert-OH is 1. The molecule has 1 saturated carbocycles. The van der Waals surface area contributed by atoms with Gasteiger partial charge in [-0.05, 0) is 61.9 Å². The minimum atomic E-state index is -0.890. The van der Waals surface area contributed by atoms with Crippen molar-refractivity contribution in [1.82, 2.24) is 0 Å². The van der Waals surface area contributed by atoms with Crippen LogP contribution in [0.3, 0.4) is 0 Å². The highest BCUT2D eigenvalue weighted by molar-refractivity contribution is 5.75. The van der Waals surface area contributed by atoms with Crippen molar-refractivity contribution in [2.75, 3.05) is 5.32 Å². The Kier molecular flexibility index (Phi) is 3.73. The van der Waals surface area contributed by atoms with Crippen LogP contribution in [0, 0.1) is 5.82 Å². The lowest BCUT2D eigenvalue weighted by Gasteiger charge is -2.55. The number of nitrogens with one attached hydrogen (secondary N) is 1. The molecule has 1 aliphatic carbocycles. The van der Waals surface area contributed by atoms with E-state index in [1.807, 2.05) is 44.2 Å². The molecule has 0 aromatic heterocycles. The second kappa shape index (κ2) is 5.54. The quantitative estimate of drug-likeness (QED) is 0.750. The maximum absolute atomic E-state index is 15.0. The molecule has 26 heavy (non-hydrogen) atoms. The van der Waals surface area contributed by atoms with Crippen LogP contribution in [0.1, 0.15) is 51.2 Å². The number of hydrogen-bond donors (Lipinski definition) is 3. The first kappa shape index (κ1) is 17.5. The Bertz CT molecular complexity index is 878. The number of anilines is 1. The molecule has 2 aromatic rings. The normalized spacial score (nSPS) is 29.0. The third kappa shape index (κ3) is 2.12. The van der Waals surface area contributed by atoms with Gasteiger partial charge in [0.1, 0.15) is 5.82 Å². The average Bonchev–Trinajstić information content (AvgIpc) is 2.92. The molecule has 2 atom stereocenters. The van der Waals surface area contributed by atoms with Crippen LogP contribution >= 0.6 is 0 Å². The maximum atomic E-state index is 15.0. The average molecular weight is 355 g/mol. The second-order valence-corrected chi connectivity index (χ2v) is 8.49. The van der Waals surface area contributed by atoms with Crippen LogP contribution < -0.4 is 5.32 Å². The SMILES string of the molecule is CC1(C)Nc2cc(F)c(-c3ccccc3CO)cc2C2(C)CCCC12O. The number of benzene rings is 2. The standard InChI is InChI=1S/C22H26FNO2/c1-20(2)22(26)10-6-9-21(22,3)17-11-16(18(23)12-19(17)24-20)15-8-5-4-7-14(15)13-25/h4-5,7-8,11-12,24-26H,6,9-10,13H2,1-3H3. The Balaban J connectivity index is 1.96. The third-order valence-electron chi connectivity index (χ3n) is 6.79. The second-order valence-electron chi connectivity index (χ2n) is 8.49. The van der Waals surface area contributed by atoms with Crippen LogP contribution in [0.5, 0.6) is 0 Å². The summed E-state index contributed by atoms with van der Waals surface area (Å²) in [5.74, 6) is -0.319. The van der Waals surface area contributed by atoms with E-state index in [1.54, 1.807) is 6.07 Å². The Morgan fingerprint density at radius 2 is 1.81 bits per heavy atom. The van der Waals surface area contributed by atoms with Gasteiger partial charge in [-0.1, -0.05) is 31.2 Å². The zero-order valence-corrected chi connectivity index (χ0v) is 15.6. The monoisotopic (exact) mass is 355 g/mol. The van der Waals surface area contributed by atoms with E-state index in [2.05, 4.69) is 12.2 Å². The summed E-state index contributed by atoms with van der Waals surface area (Å²) >= 11 is 0. The molecule has 2 aromatic carbocycles. The van der Waals surface area contributed by atoms with Gasteiger partial charge in [-0.3, -0.25) is 0 Å². The molecular formula is C22H26FNO2. The summed E-state index contributed by atoms with van der Waals surface area (Å²) in [6, 6.07) is 10.7. The summed E-state index contributed by atoms with van der Waals surface area (Å²) in [5, 5.41) is 24.6. The van der Waals surface area contributed by atoms with Gasteiger partial charge in [0.15, 0.2) is 0 Å². The molecule has 1 heterocycles. The highest BCUT2D eigenvalue weighted by atomic mass is 19.1. The summed E-state index contributed by atoms with van der Waals surface area (Å²) in [6.45, 7) is 5.94. The largest absolute Gasteiger partial charge is 0.392 e. The molecule has 2 unspecified atom stereocenters. The molecule has 0 amide bonds. The van der Waals surface area contributed by atoms with Crippen molar-refractivity contribution in [3.05, 3.63) is 53.3 Å². The van der Waals surface area contributed by atoms with Gasteiger partial charge >= 0.3 is 0 Å². The minimum absolute atomic E-state index is 0.140. The van der Waals surface area contributed by atoms with Crippen LogP contribution in [-0.4, -0.2) is 21.4 Å². The molecule has 1 fully saturated rings. The molecule has 4 rings (SSSR count). The number of fused-ring (bicyclic) bond motifs is 3. The van der Waals surface area contributed by atoms with Crippen molar-refractivity contribution >= 4 is 5.69 Å². The lowest BCUT2D eigenvalue weighted by atomic mass is 9.60. The molecule has 0 spiro atoms. The van der Waals surface area contributed by atoms with Crippen molar-refractivity contribution < 1.29 is 14.6 Å². The van der Waals surface area contributed by atoms with E-state index >= 15 is 4.39 Å². The van der Waals surface area contributed by atoms with E-state index in [-0.39, 0.29) is 12.4 Å². The van der Waals surface area contributed by atoms with Gasteiger partial charge in [-0.2, -0.15) is 0 Å². The van der Waals surface area contributed by atoms with Crippen LogP contribution in [0.4, 0.5) is 10.1 Å². The Morgan fingerprint density at radius 3 is 2.54 bits per heavy atom. The first-order valence-corrected chi connectivity index (χ1v) is 9.27. The van der Waals surface area contributed by atoms with Gasteiger partial charge in [0, 0.05) is 16.7 Å². The molecule has 4 heteroatoms.